The molecule has 0 saturated heterocycles. The van der Waals surface area contributed by atoms with Crippen molar-refractivity contribution < 1.29 is 9.90 Å². The number of hydrogen-bond acceptors (Lipinski definition) is 4. The maximum absolute atomic E-state index is 10.9. The smallest absolute Gasteiger partial charge is 0.307 e. The van der Waals surface area contributed by atoms with E-state index in [1.807, 2.05) is 49.2 Å². The molecule has 122 valence electrons. The van der Waals surface area contributed by atoms with Crippen molar-refractivity contribution in [2.75, 3.05) is 13.6 Å². The molecule has 0 aliphatic rings. The van der Waals surface area contributed by atoms with Crippen LogP contribution in [0.2, 0.25) is 5.02 Å². The molecule has 1 atom stereocenters. The van der Waals surface area contributed by atoms with E-state index in [9.17, 15) is 4.79 Å². The summed E-state index contributed by atoms with van der Waals surface area (Å²) in [4.78, 5) is 21.9. The first-order valence-corrected chi connectivity index (χ1v) is 7.75. The lowest BCUT2D eigenvalue weighted by atomic mass is 10.1. The quantitative estimate of drug-likeness (QED) is 0.879. The number of carboxylic acid groups (broad SMARTS) is 1. The predicted molar refractivity (Wildman–Crippen MR) is 90.3 cm³/mol. The molecule has 23 heavy (non-hydrogen) atoms. The van der Waals surface area contributed by atoms with Gasteiger partial charge in [0.25, 0.3) is 0 Å². The molecule has 0 spiro atoms. The van der Waals surface area contributed by atoms with Crippen LogP contribution in [0.3, 0.4) is 0 Å². The van der Waals surface area contributed by atoms with E-state index in [1.54, 1.807) is 6.92 Å². The molecule has 1 unspecified atom stereocenters. The Bertz CT molecular complexity index is 689. The predicted octanol–water partition coefficient (Wildman–Crippen LogP) is 3.26. The minimum Gasteiger partial charge on any atom is -0.481 e. The fourth-order valence-corrected chi connectivity index (χ4v) is 2.46. The summed E-state index contributed by atoms with van der Waals surface area (Å²) in [5.74, 6) is -0.562. The molecule has 6 heteroatoms. The van der Waals surface area contributed by atoms with Crippen molar-refractivity contribution in [3.05, 3.63) is 46.7 Å². The van der Waals surface area contributed by atoms with Gasteiger partial charge < -0.3 is 5.11 Å². The lowest BCUT2D eigenvalue weighted by Gasteiger charge is -2.19. The average molecular weight is 334 g/mol. The van der Waals surface area contributed by atoms with Gasteiger partial charge >= 0.3 is 5.97 Å². The van der Waals surface area contributed by atoms with Crippen molar-refractivity contribution in [2.24, 2.45) is 5.92 Å². The molecular weight excluding hydrogens is 314 g/mol. The Kier molecular flexibility index (Phi) is 5.69. The van der Waals surface area contributed by atoms with Crippen LogP contribution in [0, 0.1) is 12.8 Å². The Hall–Kier alpha value is -1.98. The molecule has 1 heterocycles. The molecule has 2 rings (SSSR count). The highest BCUT2D eigenvalue weighted by Gasteiger charge is 2.14. The van der Waals surface area contributed by atoms with E-state index >= 15 is 0 Å². The summed E-state index contributed by atoms with van der Waals surface area (Å²) in [6.45, 7) is 4.66. The second-order valence-corrected chi connectivity index (χ2v) is 6.20. The average Bonchev–Trinajstić information content (AvgIpc) is 2.46. The Balaban J connectivity index is 2.17. The van der Waals surface area contributed by atoms with E-state index in [-0.39, 0.29) is 0 Å². The molecule has 2 aromatic rings. The molecule has 0 radical (unpaired) electrons. The number of halogens is 1. The van der Waals surface area contributed by atoms with Gasteiger partial charge in [0, 0.05) is 29.4 Å². The van der Waals surface area contributed by atoms with E-state index < -0.39 is 11.9 Å². The molecule has 1 N–H and O–H groups in total. The maximum Gasteiger partial charge on any atom is 0.307 e. The molecule has 0 fully saturated rings. The maximum atomic E-state index is 10.9. The molecule has 0 bridgehead atoms. The van der Waals surface area contributed by atoms with Gasteiger partial charge in [0.05, 0.1) is 11.6 Å². The summed E-state index contributed by atoms with van der Waals surface area (Å²) in [6.07, 6.45) is 0. The number of carboxylic acids is 1. The van der Waals surface area contributed by atoms with Gasteiger partial charge in [-0.05, 0) is 44.3 Å². The Morgan fingerprint density at radius 3 is 2.57 bits per heavy atom. The standard InChI is InChI=1S/C17H20ClN3O2/c1-11(17(22)23)9-21(3)10-15-8-12(2)19-16(20-15)13-4-6-14(18)7-5-13/h4-8,11H,9-10H2,1-3H3,(H,22,23). The largest absolute Gasteiger partial charge is 0.481 e. The van der Waals surface area contributed by atoms with Crippen LogP contribution in [0.15, 0.2) is 30.3 Å². The summed E-state index contributed by atoms with van der Waals surface area (Å²) in [6, 6.07) is 9.31. The van der Waals surface area contributed by atoms with Crippen molar-refractivity contribution in [1.82, 2.24) is 14.9 Å². The van der Waals surface area contributed by atoms with Crippen molar-refractivity contribution >= 4 is 17.6 Å². The third-order valence-electron chi connectivity index (χ3n) is 3.45. The van der Waals surface area contributed by atoms with Crippen LogP contribution >= 0.6 is 11.6 Å². The zero-order chi connectivity index (χ0) is 17.0. The number of aromatic nitrogens is 2. The second-order valence-electron chi connectivity index (χ2n) is 5.77. The zero-order valence-electron chi connectivity index (χ0n) is 13.5. The number of carbonyl (C=O) groups is 1. The first kappa shape index (κ1) is 17.4. The number of aryl methyl sites for hydroxylation is 1. The number of hydrogen-bond donors (Lipinski definition) is 1. The molecular formula is C17H20ClN3O2. The molecule has 0 aliphatic carbocycles. The van der Waals surface area contributed by atoms with E-state index in [4.69, 9.17) is 16.7 Å². The summed E-state index contributed by atoms with van der Waals surface area (Å²) >= 11 is 5.91. The molecule has 1 aromatic carbocycles. The van der Waals surface area contributed by atoms with E-state index in [2.05, 4.69) is 9.97 Å². The van der Waals surface area contributed by atoms with Crippen molar-refractivity contribution in [3.63, 3.8) is 0 Å². The van der Waals surface area contributed by atoms with Gasteiger partial charge in [-0.15, -0.1) is 0 Å². The Morgan fingerprint density at radius 2 is 1.96 bits per heavy atom. The lowest BCUT2D eigenvalue weighted by Crippen LogP contribution is -2.28. The molecule has 0 aliphatic heterocycles. The second kappa shape index (κ2) is 7.53. The minimum absolute atomic E-state index is 0.418. The highest BCUT2D eigenvalue weighted by atomic mass is 35.5. The fourth-order valence-electron chi connectivity index (χ4n) is 2.33. The number of aliphatic carboxylic acids is 1. The third-order valence-corrected chi connectivity index (χ3v) is 3.70. The van der Waals surface area contributed by atoms with E-state index in [0.29, 0.717) is 23.9 Å². The van der Waals surface area contributed by atoms with Gasteiger partial charge in [0.1, 0.15) is 0 Å². The number of benzene rings is 1. The van der Waals surface area contributed by atoms with Gasteiger partial charge in [-0.3, -0.25) is 9.69 Å². The van der Waals surface area contributed by atoms with E-state index in [1.165, 1.54) is 0 Å². The molecule has 1 aromatic heterocycles. The summed E-state index contributed by atoms with van der Waals surface area (Å²) in [5.41, 5.74) is 2.64. The van der Waals surface area contributed by atoms with E-state index in [0.717, 1.165) is 17.0 Å². The van der Waals surface area contributed by atoms with Gasteiger partial charge in [-0.1, -0.05) is 18.5 Å². The monoisotopic (exact) mass is 333 g/mol. The van der Waals surface area contributed by atoms with Crippen LogP contribution in [0.5, 0.6) is 0 Å². The molecule has 0 amide bonds. The highest BCUT2D eigenvalue weighted by Crippen LogP contribution is 2.19. The third kappa shape index (κ3) is 5.01. The van der Waals surface area contributed by atoms with Crippen LogP contribution in [0.25, 0.3) is 11.4 Å². The lowest BCUT2D eigenvalue weighted by molar-refractivity contribution is -0.141. The normalized spacial score (nSPS) is 12.4. The van der Waals surface area contributed by atoms with Crippen molar-refractivity contribution in [2.45, 2.75) is 20.4 Å². The van der Waals surface area contributed by atoms with Crippen LogP contribution in [-0.2, 0) is 11.3 Å². The highest BCUT2D eigenvalue weighted by molar-refractivity contribution is 6.30. The minimum atomic E-state index is -0.794. The van der Waals surface area contributed by atoms with Crippen LogP contribution in [0.4, 0.5) is 0 Å². The van der Waals surface area contributed by atoms with Gasteiger partial charge in [-0.2, -0.15) is 0 Å². The fraction of sp³-hybridized carbons (Fsp3) is 0.353. The number of nitrogens with zero attached hydrogens (tertiary/aromatic N) is 3. The van der Waals surface area contributed by atoms with Crippen LogP contribution in [0.1, 0.15) is 18.3 Å². The summed E-state index contributed by atoms with van der Waals surface area (Å²) in [5, 5.41) is 9.66. The zero-order valence-corrected chi connectivity index (χ0v) is 14.2. The van der Waals surface area contributed by atoms with Crippen LogP contribution < -0.4 is 0 Å². The number of rotatable bonds is 6. The Morgan fingerprint density at radius 1 is 1.30 bits per heavy atom. The topological polar surface area (TPSA) is 66.3 Å². The van der Waals surface area contributed by atoms with Gasteiger partial charge in [0.2, 0.25) is 0 Å². The molecule has 0 saturated carbocycles. The van der Waals surface area contributed by atoms with Crippen molar-refractivity contribution in [3.8, 4) is 11.4 Å². The van der Waals surface area contributed by atoms with Gasteiger partial charge in [-0.25, -0.2) is 9.97 Å². The first-order valence-electron chi connectivity index (χ1n) is 7.37. The first-order chi connectivity index (χ1) is 10.8. The Labute approximate surface area is 141 Å². The summed E-state index contributed by atoms with van der Waals surface area (Å²) in [7, 11) is 1.89. The SMILES string of the molecule is Cc1cc(CN(C)CC(C)C(=O)O)nc(-c2ccc(Cl)cc2)n1. The van der Waals surface area contributed by atoms with Crippen LogP contribution in [-0.4, -0.2) is 39.5 Å². The van der Waals surface area contributed by atoms with Crippen molar-refractivity contribution in [1.29, 1.82) is 0 Å². The molecule has 5 nitrogen and oxygen atoms in total. The summed E-state index contributed by atoms with van der Waals surface area (Å²) < 4.78 is 0. The van der Waals surface area contributed by atoms with Gasteiger partial charge in [0.15, 0.2) is 5.82 Å².